The van der Waals surface area contributed by atoms with Gasteiger partial charge in [-0.15, -0.1) is 0 Å². The van der Waals surface area contributed by atoms with Crippen LogP contribution < -0.4 is 24.6 Å². The van der Waals surface area contributed by atoms with Gasteiger partial charge in [-0.1, -0.05) is 0 Å². The van der Waals surface area contributed by atoms with Crippen molar-refractivity contribution in [2.24, 2.45) is 7.05 Å². The van der Waals surface area contributed by atoms with E-state index in [1.54, 1.807) is 25.0 Å². The number of hydrogen-bond donors (Lipinski definition) is 2. The van der Waals surface area contributed by atoms with Crippen molar-refractivity contribution in [2.75, 3.05) is 80.1 Å². The Kier molecular flexibility index (Phi) is 8.96. The largest absolute Gasteiger partial charge is 0.494 e. The zero-order valence-corrected chi connectivity index (χ0v) is 30.9. The van der Waals surface area contributed by atoms with Crippen molar-refractivity contribution in [3.63, 3.8) is 0 Å². The summed E-state index contributed by atoms with van der Waals surface area (Å²) in [7, 11) is 3.86. The molecular formula is C34H42BrN9O4S. The van der Waals surface area contributed by atoms with Crippen LogP contribution in [0.5, 0.6) is 5.75 Å². The van der Waals surface area contributed by atoms with Crippen molar-refractivity contribution in [2.45, 2.75) is 31.2 Å². The number of rotatable bonds is 9. The molecule has 4 aromatic rings. The maximum atomic E-state index is 12.5. The Balaban J connectivity index is 1.20. The van der Waals surface area contributed by atoms with E-state index in [9.17, 15) is 8.42 Å². The number of benzene rings is 2. The summed E-state index contributed by atoms with van der Waals surface area (Å²) in [6, 6.07) is 8.09. The van der Waals surface area contributed by atoms with Gasteiger partial charge in [0.2, 0.25) is 16.0 Å². The molecule has 3 aliphatic rings. The minimum absolute atomic E-state index is 0.0705. The molecule has 0 unspecified atom stereocenters. The number of piperidine rings is 1. The lowest BCUT2D eigenvalue weighted by atomic mass is 9.85. The fraction of sp³-hybridized carbons (Fsp3) is 0.441. The molecule has 0 radical (unpaired) electrons. The minimum Gasteiger partial charge on any atom is -0.494 e. The fourth-order valence-electron chi connectivity index (χ4n) is 6.93. The number of aromatic nitrogens is 4. The van der Waals surface area contributed by atoms with E-state index in [1.807, 2.05) is 31.6 Å². The third-order valence-electron chi connectivity index (χ3n) is 10.2. The lowest BCUT2D eigenvalue weighted by Crippen LogP contribution is -2.60. The molecular weight excluding hydrogens is 710 g/mol. The van der Waals surface area contributed by atoms with Gasteiger partial charge in [0, 0.05) is 74.5 Å². The van der Waals surface area contributed by atoms with Gasteiger partial charge in [0.15, 0.2) is 0 Å². The van der Waals surface area contributed by atoms with Crippen LogP contribution in [-0.4, -0.2) is 98.9 Å². The van der Waals surface area contributed by atoms with Crippen LogP contribution >= 0.6 is 15.9 Å². The summed E-state index contributed by atoms with van der Waals surface area (Å²) in [4.78, 5) is 14.3. The number of hydrogen-bond acceptors (Lipinski definition) is 11. The van der Waals surface area contributed by atoms with Crippen LogP contribution in [0.2, 0.25) is 0 Å². The lowest BCUT2D eigenvalue weighted by molar-refractivity contribution is -0.0669. The number of ether oxygens (including phenoxy) is 2. The summed E-state index contributed by atoms with van der Waals surface area (Å²) < 4.78 is 40.6. The maximum absolute atomic E-state index is 12.5. The highest BCUT2D eigenvalue weighted by Gasteiger charge is 2.41. The summed E-state index contributed by atoms with van der Waals surface area (Å²) in [5.41, 5.74) is 7.40. The van der Waals surface area contributed by atoms with E-state index in [0.29, 0.717) is 39.1 Å². The van der Waals surface area contributed by atoms with Crippen LogP contribution in [0.1, 0.15) is 24.0 Å². The zero-order chi connectivity index (χ0) is 34.5. The highest BCUT2D eigenvalue weighted by atomic mass is 79.9. The van der Waals surface area contributed by atoms with E-state index >= 15 is 0 Å². The van der Waals surface area contributed by atoms with Gasteiger partial charge in [-0.2, -0.15) is 10.1 Å². The van der Waals surface area contributed by atoms with E-state index < -0.39 is 10.0 Å². The van der Waals surface area contributed by atoms with Gasteiger partial charge in [0.25, 0.3) is 0 Å². The Morgan fingerprint density at radius 3 is 2.43 bits per heavy atom. The molecule has 15 heteroatoms. The van der Waals surface area contributed by atoms with Crippen LogP contribution in [0.25, 0.3) is 11.1 Å². The van der Waals surface area contributed by atoms with E-state index in [2.05, 4.69) is 65.6 Å². The van der Waals surface area contributed by atoms with Crippen molar-refractivity contribution >= 4 is 60.5 Å². The van der Waals surface area contributed by atoms with E-state index in [-0.39, 0.29) is 5.54 Å². The van der Waals surface area contributed by atoms with Crippen molar-refractivity contribution < 1.29 is 17.9 Å². The van der Waals surface area contributed by atoms with Gasteiger partial charge in [0.1, 0.15) is 11.6 Å². The molecule has 0 atom stereocenters. The number of methoxy groups -OCH3 is 1. The average molecular weight is 753 g/mol. The minimum atomic E-state index is -3.48. The monoisotopic (exact) mass is 751 g/mol. The second-order valence-electron chi connectivity index (χ2n) is 13.2. The summed E-state index contributed by atoms with van der Waals surface area (Å²) >= 11 is 3.58. The van der Waals surface area contributed by atoms with Gasteiger partial charge < -0.3 is 25.0 Å². The second-order valence-corrected chi connectivity index (χ2v) is 16.0. The van der Waals surface area contributed by atoms with Gasteiger partial charge in [-0.05, 0) is 78.0 Å². The number of nitrogens with one attached hydrogen (secondary N) is 2. The van der Waals surface area contributed by atoms with Crippen molar-refractivity contribution in [3.8, 4) is 16.9 Å². The van der Waals surface area contributed by atoms with Gasteiger partial charge in [-0.25, -0.2) is 13.4 Å². The number of nitrogens with zero attached hydrogens (tertiary/aromatic N) is 7. The predicted octanol–water partition coefficient (Wildman–Crippen LogP) is 4.93. The van der Waals surface area contributed by atoms with E-state index in [4.69, 9.17) is 14.5 Å². The van der Waals surface area contributed by atoms with Crippen LogP contribution in [0.4, 0.5) is 34.5 Å². The quantitative estimate of drug-likeness (QED) is 0.242. The number of morpholine rings is 1. The van der Waals surface area contributed by atoms with Crippen molar-refractivity contribution in [1.82, 2.24) is 24.6 Å². The highest BCUT2D eigenvalue weighted by Crippen LogP contribution is 2.43. The second kappa shape index (κ2) is 13.1. The molecule has 260 valence electrons. The Morgan fingerprint density at radius 1 is 1.02 bits per heavy atom. The van der Waals surface area contributed by atoms with Gasteiger partial charge in [0.05, 0.1) is 54.3 Å². The first kappa shape index (κ1) is 33.6. The lowest BCUT2D eigenvalue weighted by Gasteiger charge is -2.50. The molecule has 2 N–H and O–H groups in total. The summed E-state index contributed by atoms with van der Waals surface area (Å²) in [5.74, 6) is 1.49. The SMILES string of the molecule is COc1cc(N2CCC3(CC2)COCCN3C)c(-c2cnn(C)c2)cc1Nc1ncc(Br)c(Nc2cc3c(cc2N(C)S(C)(=O)=O)CC3)n1. The van der Waals surface area contributed by atoms with Crippen LogP contribution in [0.3, 0.4) is 0 Å². The smallest absolute Gasteiger partial charge is 0.232 e. The Morgan fingerprint density at radius 2 is 1.78 bits per heavy atom. The Bertz CT molecular complexity index is 2000. The third kappa shape index (κ3) is 6.56. The number of fused-ring (bicyclic) bond motifs is 1. The summed E-state index contributed by atoms with van der Waals surface area (Å²) in [6.45, 7) is 4.29. The fourth-order valence-corrected chi connectivity index (χ4v) is 7.72. The standard InChI is InChI=1S/C34H42BrN9O4S/c1-41-12-13-48-21-34(41)8-10-44(11-9-34)29-17-31(47-4)28(16-25(29)24-18-37-42(2)20-24)39-33-36-19-26(35)32(40-33)38-27-14-22-6-7-23(22)15-30(27)43(3)49(5,45)46/h14-20H,6-13,21H2,1-5H3,(H2,36,38,39,40). The summed E-state index contributed by atoms with van der Waals surface area (Å²) in [5, 5.41) is 11.2. The number of aryl methyl sites for hydroxylation is 3. The Labute approximate surface area is 295 Å². The molecule has 2 aromatic heterocycles. The molecule has 7 rings (SSSR count). The zero-order valence-electron chi connectivity index (χ0n) is 28.5. The normalized spacial score (nSPS) is 17.4. The number of likely N-dealkylation sites (N-methyl/N-ethyl adjacent to an activating group) is 1. The molecule has 2 aromatic carbocycles. The highest BCUT2D eigenvalue weighted by molar-refractivity contribution is 9.10. The van der Waals surface area contributed by atoms with E-state index in [0.717, 1.165) is 80.9 Å². The molecule has 0 bridgehead atoms. The molecule has 0 amide bonds. The molecule has 49 heavy (non-hydrogen) atoms. The molecule has 2 fully saturated rings. The predicted molar refractivity (Wildman–Crippen MR) is 196 cm³/mol. The van der Waals surface area contributed by atoms with Crippen molar-refractivity contribution in [3.05, 3.63) is 58.5 Å². The van der Waals surface area contributed by atoms with Crippen LogP contribution in [0, 0.1) is 0 Å². The molecule has 0 saturated carbocycles. The number of sulfonamides is 1. The maximum Gasteiger partial charge on any atom is 0.232 e. The molecule has 13 nitrogen and oxygen atoms in total. The molecule has 2 aliphatic heterocycles. The molecule has 1 spiro atoms. The first-order valence-corrected chi connectivity index (χ1v) is 19.0. The van der Waals surface area contributed by atoms with Crippen molar-refractivity contribution in [1.29, 1.82) is 0 Å². The van der Waals surface area contributed by atoms with E-state index in [1.165, 1.54) is 16.1 Å². The van der Waals surface area contributed by atoms with Gasteiger partial charge >= 0.3 is 0 Å². The topological polar surface area (TPSA) is 130 Å². The molecule has 2 saturated heterocycles. The van der Waals surface area contributed by atoms with Gasteiger partial charge in [-0.3, -0.25) is 13.9 Å². The first-order valence-electron chi connectivity index (χ1n) is 16.4. The molecule has 1 aliphatic carbocycles. The van der Waals surface area contributed by atoms with Crippen LogP contribution in [-0.2, 0) is 34.6 Å². The Hall–Kier alpha value is -3.92. The third-order valence-corrected chi connectivity index (χ3v) is 12.0. The first-order chi connectivity index (χ1) is 23.4. The summed E-state index contributed by atoms with van der Waals surface area (Å²) in [6.07, 6.45) is 10.6. The number of halogens is 1. The average Bonchev–Trinajstić information content (AvgIpc) is 3.51. The number of anilines is 6. The van der Waals surface area contributed by atoms with Crippen LogP contribution in [0.15, 0.2) is 47.3 Å². The molecule has 4 heterocycles.